The summed E-state index contributed by atoms with van der Waals surface area (Å²) in [7, 11) is 0. The number of nitrogens with zero attached hydrogens (tertiary/aromatic N) is 1. The van der Waals surface area contributed by atoms with Crippen molar-refractivity contribution in [1.82, 2.24) is 10.3 Å². The molecule has 1 aromatic heterocycles. The molecule has 1 aliphatic heterocycles. The third-order valence-corrected chi connectivity index (χ3v) is 4.91. The number of aromatic nitrogens is 1. The zero-order chi connectivity index (χ0) is 13.2. The van der Waals surface area contributed by atoms with Crippen LogP contribution in [0.4, 0.5) is 5.13 Å². The van der Waals surface area contributed by atoms with Crippen molar-refractivity contribution in [3.63, 3.8) is 0 Å². The van der Waals surface area contributed by atoms with Crippen molar-refractivity contribution in [2.45, 2.75) is 44.8 Å². The highest BCUT2D eigenvalue weighted by Crippen LogP contribution is 2.28. The molecule has 0 aromatic carbocycles. The van der Waals surface area contributed by atoms with Crippen LogP contribution in [0.1, 0.15) is 36.3 Å². The van der Waals surface area contributed by atoms with Gasteiger partial charge in [0.25, 0.3) is 0 Å². The van der Waals surface area contributed by atoms with Crippen molar-refractivity contribution in [2.75, 3.05) is 11.9 Å². The number of rotatable bonds is 2. The molecule has 0 radical (unpaired) electrons. The average molecular weight is 281 g/mol. The average Bonchev–Trinajstić information content (AvgIpc) is 2.81. The Hall–Kier alpha value is -0.980. The molecule has 0 spiro atoms. The molecule has 1 aromatic rings. The van der Waals surface area contributed by atoms with Gasteiger partial charge < -0.3 is 15.7 Å². The molecule has 0 saturated heterocycles. The standard InChI is InChI=1S/C13H19N3O2S/c17-9-3-1-8(2-4-9)12(18)16-13-15-10-5-6-14-7-11(10)19-13/h8-9,14,17H,1-7H2,(H,15,16,18). The maximum Gasteiger partial charge on any atom is 0.229 e. The first kappa shape index (κ1) is 13.0. The van der Waals surface area contributed by atoms with Crippen LogP contribution in [0.3, 0.4) is 0 Å². The van der Waals surface area contributed by atoms with Gasteiger partial charge in [-0.15, -0.1) is 11.3 Å². The van der Waals surface area contributed by atoms with Crippen LogP contribution in [0.5, 0.6) is 0 Å². The van der Waals surface area contributed by atoms with E-state index in [4.69, 9.17) is 0 Å². The number of hydrogen-bond acceptors (Lipinski definition) is 5. The lowest BCUT2D eigenvalue weighted by Gasteiger charge is -2.23. The quantitative estimate of drug-likeness (QED) is 0.763. The highest BCUT2D eigenvalue weighted by atomic mass is 32.1. The first-order chi connectivity index (χ1) is 9.22. The third kappa shape index (κ3) is 2.96. The Bertz CT molecular complexity index is 443. The van der Waals surface area contributed by atoms with Crippen molar-refractivity contribution in [2.24, 2.45) is 5.92 Å². The maximum atomic E-state index is 12.1. The molecule has 2 aliphatic rings. The Morgan fingerprint density at radius 3 is 2.89 bits per heavy atom. The van der Waals surface area contributed by atoms with Gasteiger partial charge in [-0.1, -0.05) is 0 Å². The van der Waals surface area contributed by atoms with Crippen LogP contribution in [0.15, 0.2) is 0 Å². The Labute approximate surface area is 116 Å². The van der Waals surface area contributed by atoms with E-state index in [1.807, 2.05) is 0 Å². The number of carbonyl (C=O) groups excluding carboxylic acids is 1. The monoisotopic (exact) mass is 281 g/mol. The molecule has 1 fully saturated rings. The van der Waals surface area contributed by atoms with Crippen molar-refractivity contribution in [1.29, 1.82) is 0 Å². The molecule has 5 nitrogen and oxygen atoms in total. The van der Waals surface area contributed by atoms with E-state index in [9.17, 15) is 9.90 Å². The smallest absolute Gasteiger partial charge is 0.229 e. The second-order valence-electron chi connectivity index (χ2n) is 5.31. The molecule has 3 rings (SSSR count). The number of nitrogens with one attached hydrogen (secondary N) is 2. The second-order valence-corrected chi connectivity index (χ2v) is 6.39. The highest BCUT2D eigenvalue weighted by Gasteiger charge is 2.26. The fourth-order valence-electron chi connectivity index (χ4n) is 2.72. The van der Waals surface area contributed by atoms with Gasteiger partial charge in [0.1, 0.15) is 0 Å². The van der Waals surface area contributed by atoms with E-state index in [0.29, 0.717) is 0 Å². The van der Waals surface area contributed by atoms with Gasteiger partial charge in [0, 0.05) is 30.3 Å². The lowest BCUT2D eigenvalue weighted by Crippen LogP contribution is -2.28. The lowest BCUT2D eigenvalue weighted by molar-refractivity contribution is -0.121. The Kier molecular flexibility index (Phi) is 3.81. The number of hydrogen-bond donors (Lipinski definition) is 3. The van der Waals surface area contributed by atoms with Crippen molar-refractivity contribution in [3.05, 3.63) is 10.6 Å². The molecule has 3 N–H and O–H groups in total. The maximum absolute atomic E-state index is 12.1. The number of fused-ring (bicyclic) bond motifs is 1. The summed E-state index contributed by atoms with van der Waals surface area (Å²) in [5.41, 5.74) is 1.12. The van der Waals surface area contributed by atoms with E-state index in [-0.39, 0.29) is 17.9 Å². The molecular weight excluding hydrogens is 262 g/mol. The van der Waals surface area contributed by atoms with E-state index < -0.39 is 0 Å². The van der Waals surface area contributed by atoms with E-state index >= 15 is 0 Å². The van der Waals surface area contributed by atoms with Gasteiger partial charge >= 0.3 is 0 Å². The Balaban J connectivity index is 1.61. The summed E-state index contributed by atoms with van der Waals surface area (Å²) in [6.45, 7) is 1.82. The Morgan fingerprint density at radius 2 is 2.16 bits per heavy atom. The third-order valence-electron chi connectivity index (χ3n) is 3.90. The van der Waals surface area contributed by atoms with E-state index in [1.165, 1.54) is 4.88 Å². The zero-order valence-electron chi connectivity index (χ0n) is 10.8. The molecule has 0 bridgehead atoms. The van der Waals surface area contributed by atoms with Crippen LogP contribution < -0.4 is 10.6 Å². The lowest BCUT2D eigenvalue weighted by atomic mass is 9.87. The van der Waals surface area contributed by atoms with E-state index in [0.717, 1.165) is 56.0 Å². The molecule has 1 saturated carbocycles. The zero-order valence-corrected chi connectivity index (χ0v) is 11.6. The minimum Gasteiger partial charge on any atom is -0.393 e. The number of aliphatic hydroxyl groups is 1. The van der Waals surface area contributed by atoms with Crippen LogP contribution >= 0.6 is 11.3 Å². The number of carbonyl (C=O) groups is 1. The van der Waals surface area contributed by atoms with E-state index in [2.05, 4.69) is 15.6 Å². The molecule has 1 aliphatic carbocycles. The second kappa shape index (κ2) is 5.56. The molecule has 6 heteroatoms. The van der Waals surface area contributed by atoms with Crippen molar-refractivity contribution in [3.8, 4) is 0 Å². The van der Waals surface area contributed by atoms with Crippen molar-refractivity contribution >= 4 is 22.4 Å². The van der Waals surface area contributed by atoms with Gasteiger partial charge in [0.05, 0.1) is 11.8 Å². The number of aliphatic hydroxyl groups excluding tert-OH is 1. The predicted molar refractivity (Wildman–Crippen MR) is 74.1 cm³/mol. The largest absolute Gasteiger partial charge is 0.393 e. The number of anilines is 1. The molecule has 104 valence electrons. The summed E-state index contributed by atoms with van der Waals surface area (Å²) < 4.78 is 0. The normalized spacial score (nSPS) is 26.8. The van der Waals surface area contributed by atoms with Crippen LogP contribution in [0.25, 0.3) is 0 Å². The van der Waals surface area contributed by atoms with Gasteiger partial charge in [0.2, 0.25) is 5.91 Å². The summed E-state index contributed by atoms with van der Waals surface area (Å²) in [4.78, 5) is 17.9. The first-order valence-corrected chi connectivity index (χ1v) is 7.72. The van der Waals surface area contributed by atoms with Crippen molar-refractivity contribution < 1.29 is 9.90 Å². The van der Waals surface area contributed by atoms with E-state index in [1.54, 1.807) is 11.3 Å². The summed E-state index contributed by atoms with van der Waals surface area (Å²) in [6, 6.07) is 0. The molecular formula is C13H19N3O2S. The number of thiazole rings is 1. The van der Waals surface area contributed by atoms with Crippen LogP contribution in [-0.2, 0) is 17.8 Å². The van der Waals surface area contributed by atoms with Gasteiger partial charge in [-0.05, 0) is 25.7 Å². The summed E-state index contributed by atoms with van der Waals surface area (Å²) >= 11 is 1.57. The first-order valence-electron chi connectivity index (χ1n) is 6.90. The molecule has 19 heavy (non-hydrogen) atoms. The molecule has 2 heterocycles. The molecule has 1 amide bonds. The minimum absolute atomic E-state index is 0.0300. The van der Waals surface area contributed by atoms with Crippen LogP contribution in [0.2, 0.25) is 0 Å². The number of amides is 1. The molecule has 0 unspecified atom stereocenters. The summed E-state index contributed by atoms with van der Waals surface area (Å²) in [6.07, 6.45) is 3.74. The fraction of sp³-hybridized carbons (Fsp3) is 0.692. The Morgan fingerprint density at radius 1 is 1.37 bits per heavy atom. The van der Waals surface area contributed by atoms with Crippen LogP contribution in [-0.4, -0.2) is 28.6 Å². The fourth-order valence-corrected chi connectivity index (χ4v) is 3.71. The highest BCUT2D eigenvalue weighted by molar-refractivity contribution is 7.15. The van der Waals surface area contributed by atoms with Gasteiger partial charge in [-0.2, -0.15) is 0 Å². The summed E-state index contributed by atoms with van der Waals surface area (Å²) in [5, 5.41) is 16.4. The van der Waals surface area contributed by atoms with Gasteiger partial charge in [-0.25, -0.2) is 4.98 Å². The topological polar surface area (TPSA) is 74.2 Å². The summed E-state index contributed by atoms with van der Waals surface area (Å²) in [5.74, 6) is 0.0911. The van der Waals surface area contributed by atoms with Gasteiger partial charge in [0.15, 0.2) is 5.13 Å². The van der Waals surface area contributed by atoms with Gasteiger partial charge in [-0.3, -0.25) is 4.79 Å². The molecule has 0 atom stereocenters. The SMILES string of the molecule is O=C(Nc1nc2c(s1)CNCC2)C1CCC(O)CC1. The predicted octanol–water partition coefficient (Wildman–Crippen LogP) is 1.28. The van der Waals surface area contributed by atoms with Crippen LogP contribution in [0, 0.1) is 5.92 Å². The minimum atomic E-state index is -0.220.